The largest absolute Gasteiger partial charge is 0.472 e. The highest BCUT2D eigenvalue weighted by atomic mass is 31.2. The molecule has 0 heterocycles. The SMILES string of the molecule is CC/C=C\C/C=C\C/C=C\C/C=C\C/C=C\C/C=C\C/C=C\C/C=C\C/C=C\C/C=C\CCCCC(=O)OC(COC(=O)CCCCCCCCCCCCCCCCCCCCCCCCCCCCC/C=C\C/C=C\CCCCCCC)COP(=O)(O)OCC[N+](C)(C)C. The summed E-state index contributed by atoms with van der Waals surface area (Å²) >= 11 is 0. The van der Waals surface area contributed by atoms with E-state index in [-0.39, 0.29) is 32.0 Å². The van der Waals surface area contributed by atoms with Crippen molar-refractivity contribution in [1.29, 1.82) is 0 Å². The molecule has 0 spiro atoms. The van der Waals surface area contributed by atoms with Gasteiger partial charge in [0.2, 0.25) is 0 Å². The van der Waals surface area contributed by atoms with Crippen molar-refractivity contribution in [3.63, 3.8) is 0 Å². The zero-order valence-electron chi connectivity index (χ0n) is 62.8. The number of esters is 2. The first-order chi connectivity index (χ1) is 47.0. The van der Waals surface area contributed by atoms with Gasteiger partial charge in [-0.3, -0.25) is 18.6 Å². The van der Waals surface area contributed by atoms with E-state index < -0.39 is 26.5 Å². The molecule has 9 nitrogen and oxygen atoms in total. The van der Waals surface area contributed by atoms with Crippen LogP contribution in [0.3, 0.4) is 0 Å². The minimum Gasteiger partial charge on any atom is -0.462 e. The van der Waals surface area contributed by atoms with Crippen LogP contribution in [0.2, 0.25) is 0 Å². The van der Waals surface area contributed by atoms with E-state index in [4.69, 9.17) is 18.5 Å². The number of hydrogen-bond acceptors (Lipinski definition) is 7. The highest BCUT2D eigenvalue weighted by Crippen LogP contribution is 2.43. The number of hydrogen-bond donors (Lipinski definition) is 1. The van der Waals surface area contributed by atoms with Gasteiger partial charge in [-0.15, -0.1) is 0 Å². The van der Waals surface area contributed by atoms with Crippen molar-refractivity contribution >= 4 is 19.8 Å². The minimum atomic E-state index is -4.42. The predicted octanol–water partition coefficient (Wildman–Crippen LogP) is 26.5. The molecule has 0 aliphatic rings. The Morgan fingerprint density at radius 3 is 0.906 bits per heavy atom. The third-order valence-electron chi connectivity index (χ3n) is 16.9. The Bertz CT molecular complexity index is 2140. The maximum absolute atomic E-state index is 12.9. The van der Waals surface area contributed by atoms with Crippen LogP contribution in [0.4, 0.5) is 0 Å². The molecule has 0 bridgehead atoms. The van der Waals surface area contributed by atoms with Crippen LogP contribution in [-0.2, 0) is 32.7 Å². The Balaban J connectivity index is 4.05. The van der Waals surface area contributed by atoms with Gasteiger partial charge in [0.25, 0.3) is 0 Å². The van der Waals surface area contributed by atoms with Crippen LogP contribution < -0.4 is 0 Å². The first-order valence-corrected chi connectivity index (χ1v) is 41.1. The number of carbonyl (C=O) groups is 2. The molecule has 0 aliphatic carbocycles. The lowest BCUT2D eigenvalue weighted by molar-refractivity contribution is -0.870. The number of nitrogens with zero attached hydrogens (tertiary/aromatic N) is 1. The number of likely N-dealkylation sites (N-methyl/N-ethyl adjacent to an activating group) is 1. The summed E-state index contributed by atoms with van der Waals surface area (Å²) < 4.78 is 34.7. The van der Waals surface area contributed by atoms with Gasteiger partial charge in [0.1, 0.15) is 19.8 Å². The van der Waals surface area contributed by atoms with Gasteiger partial charge >= 0.3 is 19.8 Å². The molecule has 0 saturated heterocycles. The summed E-state index contributed by atoms with van der Waals surface area (Å²) in [5, 5.41) is 0. The molecule has 0 aromatic heterocycles. The molecule has 0 fully saturated rings. The van der Waals surface area contributed by atoms with E-state index in [1.54, 1.807) is 0 Å². The summed E-state index contributed by atoms with van der Waals surface area (Å²) in [6.07, 6.45) is 111. The number of quaternary nitrogens is 1. The highest BCUT2D eigenvalue weighted by Gasteiger charge is 2.27. The molecule has 0 saturated carbocycles. The Hall–Kier alpha value is -4.11. The standard InChI is InChI=1S/C86H148NO8P/c1-6-8-10-12-14-16-18-20-22-24-26-28-30-32-34-36-38-40-41-42-43-44-45-47-48-50-52-54-56-58-60-62-64-66-68-70-72-74-76-78-85(88)92-82-84(83-94-96(90,91)93-81-80-87(3,4)5)95-86(89)79-77-75-73-71-69-67-65-63-61-59-57-55-53-51-49-46-39-37-35-33-31-29-27-25-23-21-19-17-15-13-11-9-7-2/h9,11,15,17-18,20-21,23-24,26-27,29,33,35,39,46,51,53,57,59,63,65,69,71,84H,6-8,10,12-14,16,19,22,25,28,30-32,34,36-38,40-45,47-50,52,54-56,58,60-62,64,66-68,70,72-83H2,1-5H3/p+1/b11-9-,17-15-,20-18-,23-21-,26-24-,29-27-,35-33-,46-39-,53-51-,59-57-,65-63-,71-69-. The molecule has 0 aromatic carbocycles. The van der Waals surface area contributed by atoms with Gasteiger partial charge in [-0.25, -0.2) is 4.57 Å². The van der Waals surface area contributed by atoms with Gasteiger partial charge in [-0.05, 0) is 122 Å². The average Bonchev–Trinajstić information content (AvgIpc) is 1.48. The summed E-state index contributed by atoms with van der Waals surface area (Å²) in [4.78, 5) is 35.9. The zero-order valence-corrected chi connectivity index (χ0v) is 63.7. The molecule has 550 valence electrons. The van der Waals surface area contributed by atoms with E-state index in [9.17, 15) is 19.0 Å². The fourth-order valence-corrected chi connectivity index (χ4v) is 11.6. The van der Waals surface area contributed by atoms with E-state index in [1.165, 1.54) is 199 Å². The first kappa shape index (κ1) is 91.9. The van der Waals surface area contributed by atoms with Gasteiger partial charge in [-0.2, -0.15) is 0 Å². The summed E-state index contributed by atoms with van der Waals surface area (Å²) in [6, 6.07) is 0. The molecule has 10 heteroatoms. The van der Waals surface area contributed by atoms with Crippen molar-refractivity contribution in [2.75, 3.05) is 47.5 Å². The van der Waals surface area contributed by atoms with E-state index >= 15 is 0 Å². The number of unbranched alkanes of at least 4 members (excludes halogenated alkanes) is 34. The Kier molecular flexibility index (Phi) is 71.9. The lowest BCUT2D eigenvalue weighted by atomic mass is 10.0. The van der Waals surface area contributed by atoms with E-state index in [2.05, 4.69) is 160 Å². The van der Waals surface area contributed by atoms with Gasteiger partial charge in [0.05, 0.1) is 27.7 Å². The number of allylic oxidation sites excluding steroid dienone is 24. The Morgan fingerprint density at radius 2 is 0.594 bits per heavy atom. The first-order valence-electron chi connectivity index (χ1n) is 39.6. The summed E-state index contributed by atoms with van der Waals surface area (Å²) in [5.74, 6) is -0.846. The Morgan fingerprint density at radius 1 is 0.333 bits per heavy atom. The fourth-order valence-electron chi connectivity index (χ4n) is 10.8. The van der Waals surface area contributed by atoms with Crippen molar-refractivity contribution in [3.05, 3.63) is 146 Å². The average molecular weight is 1360 g/mol. The second-order valence-corrected chi connectivity index (χ2v) is 28.8. The fraction of sp³-hybridized carbons (Fsp3) is 0.698. The van der Waals surface area contributed by atoms with Crippen LogP contribution in [0.1, 0.15) is 335 Å². The highest BCUT2D eigenvalue weighted by molar-refractivity contribution is 7.47. The van der Waals surface area contributed by atoms with Crippen LogP contribution in [0.5, 0.6) is 0 Å². The molecule has 0 radical (unpaired) electrons. The smallest absolute Gasteiger partial charge is 0.462 e. The Labute approximate surface area is 593 Å². The molecule has 2 unspecified atom stereocenters. The minimum absolute atomic E-state index is 0.0170. The van der Waals surface area contributed by atoms with Gasteiger partial charge in [-0.1, -0.05) is 346 Å². The second kappa shape index (κ2) is 75.1. The summed E-state index contributed by atoms with van der Waals surface area (Å²) in [5.41, 5.74) is 0. The summed E-state index contributed by atoms with van der Waals surface area (Å²) in [6.45, 7) is 4.28. The third-order valence-corrected chi connectivity index (χ3v) is 17.8. The number of ether oxygens (including phenoxy) is 2. The molecule has 0 aromatic rings. The molecular formula is C86H149NO8P+. The number of carbonyl (C=O) groups excluding carboxylic acids is 2. The van der Waals surface area contributed by atoms with E-state index in [0.29, 0.717) is 17.4 Å². The normalized spacial score (nSPS) is 13.9. The number of rotatable bonds is 72. The molecule has 1 N–H and O–H groups in total. The quantitative estimate of drug-likeness (QED) is 0.0211. The van der Waals surface area contributed by atoms with Gasteiger partial charge in [0.15, 0.2) is 6.10 Å². The lowest BCUT2D eigenvalue weighted by Crippen LogP contribution is -2.37. The lowest BCUT2D eigenvalue weighted by Gasteiger charge is -2.24. The van der Waals surface area contributed by atoms with Crippen LogP contribution in [-0.4, -0.2) is 74.9 Å². The van der Waals surface area contributed by atoms with Crippen LogP contribution in [0.25, 0.3) is 0 Å². The van der Waals surface area contributed by atoms with E-state index in [0.717, 1.165) is 103 Å². The molecule has 0 aliphatic heterocycles. The molecule has 96 heavy (non-hydrogen) atoms. The maximum atomic E-state index is 12.9. The predicted molar refractivity (Wildman–Crippen MR) is 417 cm³/mol. The summed E-state index contributed by atoms with van der Waals surface area (Å²) in [7, 11) is 1.44. The zero-order chi connectivity index (χ0) is 69.7. The van der Waals surface area contributed by atoms with Crippen molar-refractivity contribution in [1.82, 2.24) is 0 Å². The number of phosphoric acid groups is 1. The van der Waals surface area contributed by atoms with Crippen molar-refractivity contribution in [2.24, 2.45) is 0 Å². The van der Waals surface area contributed by atoms with Crippen LogP contribution in [0, 0.1) is 0 Å². The molecule has 0 rings (SSSR count). The monoisotopic (exact) mass is 1360 g/mol. The maximum Gasteiger partial charge on any atom is 0.472 e. The van der Waals surface area contributed by atoms with Crippen molar-refractivity contribution in [3.8, 4) is 0 Å². The van der Waals surface area contributed by atoms with Crippen LogP contribution in [0.15, 0.2) is 146 Å². The van der Waals surface area contributed by atoms with E-state index in [1.807, 2.05) is 21.1 Å². The van der Waals surface area contributed by atoms with Gasteiger partial charge in [0, 0.05) is 12.8 Å². The molecular weight excluding hydrogens is 1210 g/mol. The number of phosphoric ester groups is 1. The molecule has 0 amide bonds. The van der Waals surface area contributed by atoms with Crippen LogP contribution >= 0.6 is 7.82 Å². The molecule has 2 atom stereocenters. The third kappa shape index (κ3) is 78.9. The van der Waals surface area contributed by atoms with Crippen molar-refractivity contribution in [2.45, 2.75) is 341 Å². The van der Waals surface area contributed by atoms with Gasteiger partial charge < -0.3 is 18.9 Å². The topological polar surface area (TPSA) is 108 Å². The second-order valence-electron chi connectivity index (χ2n) is 27.4. The van der Waals surface area contributed by atoms with Crippen molar-refractivity contribution < 1.29 is 42.1 Å².